The SMILES string of the molecule is CS(=O)(=O)Oc1cccc(CN(Cc2ccco2)C(=O)CCC2CCCC2)c1. The van der Waals surface area contributed by atoms with E-state index in [-0.39, 0.29) is 11.7 Å². The molecule has 0 N–H and O–H groups in total. The van der Waals surface area contributed by atoms with Crippen molar-refractivity contribution >= 4 is 16.0 Å². The summed E-state index contributed by atoms with van der Waals surface area (Å²) in [4.78, 5) is 14.7. The highest BCUT2D eigenvalue weighted by Crippen LogP contribution is 2.29. The second-order valence-electron chi connectivity index (χ2n) is 7.45. The van der Waals surface area contributed by atoms with Crippen LogP contribution < -0.4 is 4.18 Å². The number of benzene rings is 1. The zero-order valence-electron chi connectivity index (χ0n) is 16.2. The van der Waals surface area contributed by atoms with E-state index in [0.29, 0.717) is 25.4 Å². The first-order valence-electron chi connectivity index (χ1n) is 9.67. The van der Waals surface area contributed by atoms with Crippen LogP contribution in [0.5, 0.6) is 5.75 Å². The molecule has 7 heteroatoms. The quantitative estimate of drug-likeness (QED) is 0.587. The Balaban J connectivity index is 1.69. The number of rotatable bonds is 9. The van der Waals surface area contributed by atoms with E-state index in [1.165, 1.54) is 25.7 Å². The first kappa shape index (κ1) is 20.5. The predicted octanol–water partition coefficient (Wildman–Crippen LogP) is 4.12. The molecule has 3 rings (SSSR count). The Morgan fingerprint density at radius 3 is 2.64 bits per heavy atom. The Morgan fingerprint density at radius 2 is 1.96 bits per heavy atom. The summed E-state index contributed by atoms with van der Waals surface area (Å²) in [5.74, 6) is 1.70. The zero-order valence-corrected chi connectivity index (χ0v) is 17.0. The van der Waals surface area contributed by atoms with Crippen LogP contribution in [0.1, 0.15) is 49.8 Å². The molecule has 1 aromatic heterocycles. The van der Waals surface area contributed by atoms with Gasteiger partial charge in [0.2, 0.25) is 5.91 Å². The minimum Gasteiger partial charge on any atom is -0.467 e. The number of carbonyl (C=O) groups is 1. The van der Waals surface area contributed by atoms with Gasteiger partial charge in [-0.05, 0) is 42.2 Å². The highest BCUT2D eigenvalue weighted by atomic mass is 32.2. The Bertz CT molecular complexity index is 870. The van der Waals surface area contributed by atoms with Gasteiger partial charge in [0.25, 0.3) is 0 Å². The molecule has 1 saturated carbocycles. The molecular weight excluding hydrogens is 378 g/mol. The molecule has 0 unspecified atom stereocenters. The molecule has 0 radical (unpaired) electrons. The van der Waals surface area contributed by atoms with Crippen LogP contribution in [-0.4, -0.2) is 25.5 Å². The molecule has 0 atom stereocenters. The Morgan fingerprint density at radius 1 is 1.18 bits per heavy atom. The van der Waals surface area contributed by atoms with Gasteiger partial charge in [-0.3, -0.25) is 4.79 Å². The van der Waals surface area contributed by atoms with Crippen LogP contribution >= 0.6 is 0 Å². The molecule has 152 valence electrons. The van der Waals surface area contributed by atoms with E-state index in [1.807, 2.05) is 12.1 Å². The van der Waals surface area contributed by atoms with Gasteiger partial charge in [0.15, 0.2) is 0 Å². The standard InChI is InChI=1S/C21H27NO5S/c1-28(24,25)27-19-9-4-8-18(14-19)15-22(16-20-10-5-13-26-20)21(23)12-11-17-6-2-3-7-17/h4-5,8-10,13-14,17H,2-3,6-7,11-12,15-16H2,1H3. The second-order valence-corrected chi connectivity index (χ2v) is 9.03. The van der Waals surface area contributed by atoms with Crippen molar-refractivity contribution in [2.75, 3.05) is 6.26 Å². The van der Waals surface area contributed by atoms with E-state index in [2.05, 4.69) is 0 Å². The number of hydrogen-bond donors (Lipinski definition) is 0. The number of hydrogen-bond acceptors (Lipinski definition) is 5. The normalized spacial score (nSPS) is 14.9. The van der Waals surface area contributed by atoms with Crippen molar-refractivity contribution in [2.24, 2.45) is 5.92 Å². The van der Waals surface area contributed by atoms with Crippen molar-refractivity contribution in [1.82, 2.24) is 4.90 Å². The maximum absolute atomic E-state index is 12.9. The molecule has 1 fully saturated rings. The summed E-state index contributed by atoms with van der Waals surface area (Å²) in [7, 11) is -3.59. The van der Waals surface area contributed by atoms with Crippen molar-refractivity contribution in [3.05, 3.63) is 54.0 Å². The molecule has 2 aromatic rings. The van der Waals surface area contributed by atoms with Crippen LogP contribution in [0.3, 0.4) is 0 Å². The second kappa shape index (κ2) is 9.28. The topological polar surface area (TPSA) is 76.8 Å². The first-order chi connectivity index (χ1) is 13.4. The van der Waals surface area contributed by atoms with Gasteiger partial charge >= 0.3 is 10.1 Å². The van der Waals surface area contributed by atoms with Gasteiger partial charge in [-0.25, -0.2) is 0 Å². The van der Waals surface area contributed by atoms with Gasteiger partial charge in [-0.2, -0.15) is 8.42 Å². The highest BCUT2D eigenvalue weighted by molar-refractivity contribution is 7.86. The molecule has 0 spiro atoms. The molecule has 1 aliphatic rings. The van der Waals surface area contributed by atoms with Gasteiger partial charge in [0, 0.05) is 13.0 Å². The fourth-order valence-electron chi connectivity index (χ4n) is 3.70. The Kier molecular flexibility index (Phi) is 6.78. The lowest BCUT2D eigenvalue weighted by atomic mass is 10.0. The lowest BCUT2D eigenvalue weighted by Gasteiger charge is -2.23. The summed E-state index contributed by atoms with van der Waals surface area (Å²) in [6, 6.07) is 10.5. The summed E-state index contributed by atoms with van der Waals surface area (Å²) in [6.07, 6.45) is 9.01. The molecule has 0 aliphatic heterocycles. The molecule has 1 amide bonds. The van der Waals surface area contributed by atoms with E-state index in [9.17, 15) is 13.2 Å². The summed E-state index contributed by atoms with van der Waals surface area (Å²) in [5.41, 5.74) is 0.807. The average Bonchev–Trinajstić information content (AvgIpc) is 3.32. The van der Waals surface area contributed by atoms with Gasteiger partial charge in [0.1, 0.15) is 11.5 Å². The van der Waals surface area contributed by atoms with Crippen molar-refractivity contribution in [3.63, 3.8) is 0 Å². The van der Waals surface area contributed by atoms with Gasteiger partial charge in [-0.1, -0.05) is 37.8 Å². The fourth-order valence-corrected chi connectivity index (χ4v) is 4.15. The lowest BCUT2D eigenvalue weighted by molar-refractivity contribution is -0.133. The molecular formula is C21H27NO5S. The zero-order chi connectivity index (χ0) is 20.0. The summed E-state index contributed by atoms with van der Waals surface area (Å²) in [5, 5.41) is 0. The molecule has 0 saturated heterocycles. The van der Waals surface area contributed by atoms with E-state index >= 15 is 0 Å². The van der Waals surface area contributed by atoms with Crippen LogP contribution in [0.4, 0.5) is 0 Å². The molecule has 1 heterocycles. The number of nitrogens with zero attached hydrogens (tertiary/aromatic N) is 1. The number of carbonyl (C=O) groups excluding carboxylic acids is 1. The Hall–Kier alpha value is -2.28. The maximum atomic E-state index is 12.9. The predicted molar refractivity (Wildman–Crippen MR) is 106 cm³/mol. The van der Waals surface area contributed by atoms with Crippen LogP contribution in [0.25, 0.3) is 0 Å². The van der Waals surface area contributed by atoms with Gasteiger partial charge < -0.3 is 13.5 Å². The van der Waals surface area contributed by atoms with Crippen molar-refractivity contribution < 1.29 is 21.8 Å². The molecule has 1 aromatic carbocycles. The summed E-state index contributed by atoms with van der Waals surface area (Å²) >= 11 is 0. The largest absolute Gasteiger partial charge is 0.467 e. The third-order valence-corrected chi connectivity index (χ3v) is 5.54. The van der Waals surface area contributed by atoms with Crippen LogP contribution in [0.15, 0.2) is 47.1 Å². The van der Waals surface area contributed by atoms with Crippen LogP contribution in [0.2, 0.25) is 0 Å². The van der Waals surface area contributed by atoms with Crippen molar-refractivity contribution in [2.45, 2.75) is 51.6 Å². The van der Waals surface area contributed by atoms with Crippen molar-refractivity contribution in [3.8, 4) is 5.75 Å². The smallest absolute Gasteiger partial charge is 0.306 e. The average molecular weight is 406 g/mol. The van der Waals surface area contributed by atoms with E-state index < -0.39 is 10.1 Å². The van der Waals surface area contributed by atoms with Gasteiger partial charge in [-0.15, -0.1) is 0 Å². The number of amides is 1. The summed E-state index contributed by atoms with van der Waals surface area (Å²) in [6.45, 7) is 0.749. The monoisotopic (exact) mass is 405 g/mol. The third kappa shape index (κ3) is 6.41. The highest BCUT2D eigenvalue weighted by Gasteiger charge is 2.20. The van der Waals surface area contributed by atoms with E-state index in [4.69, 9.17) is 8.60 Å². The van der Waals surface area contributed by atoms with E-state index in [1.54, 1.807) is 35.4 Å². The Labute approximate surface area is 166 Å². The van der Waals surface area contributed by atoms with Crippen LogP contribution in [0, 0.1) is 5.92 Å². The molecule has 28 heavy (non-hydrogen) atoms. The van der Waals surface area contributed by atoms with Crippen LogP contribution in [-0.2, 0) is 28.0 Å². The van der Waals surface area contributed by atoms with Gasteiger partial charge in [0.05, 0.1) is 19.1 Å². The molecule has 1 aliphatic carbocycles. The fraction of sp³-hybridized carbons (Fsp3) is 0.476. The molecule has 6 nitrogen and oxygen atoms in total. The minimum atomic E-state index is -3.59. The lowest BCUT2D eigenvalue weighted by Crippen LogP contribution is -2.30. The maximum Gasteiger partial charge on any atom is 0.306 e. The number of furan rings is 1. The summed E-state index contributed by atoms with van der Waals surface area (Å²) < 4.78 is 33.1. The van der Waals surface area contributed by atoms with Crippen molar-refractivity contribution in [1.29, 1.82) is 0 Å². The molecule has 0 bridgehead atoms. The van der Waals surface area contributed by atoms with E-state index in [0.717, 1.165) is 24.0 Å². The first-order valence-corrected chi connectivity index (χ1v) is 11.5. The minimum absolute atomic E-state index is 0.0812. The third-order valence-electron chi connectivity index (χ3n) is 5.04.